The van der Waals surface area contributed by atoms with E-state index in [1.807, 2.05) is 30.3 Å². The predicted octanol–water partition coefficient (Wildman–Crippen LogP) is 5.35. The van der Waals surface area contributed by atoms with Crippen LogP contribution in [-0.2, 0) is 19.1 Å². The normalized spacial score (nSPS) is 12.2. The van der Waals surface area contributed by atoms with Crippen molar-refractivity contribution in [2.45, 2.75) is 65.0 Å². The van der Waals surface area contributed by atoms with Crippen molar-refractivity contribution in [3.05, 3.63) is 55.0 Å². The summed E-state index contributed by atoms with van der Waals surface area (Å²) < 4.78 is 16.2. The topological polar surface area (TPSA) is 136 Å². The summed E-state index contributed by atoms with van der Waals surface area (Å²) in [5.41, 5.74) is -0.721. The van der Waals surface area contributed by atoms with Gasteiger partial charge < -0.3 is 29.8 Å². The number of furan rings is 1. The quantitative estimate of drug-likeness (QED) is 0.0949. The summed E-state index contributed by atoms with van der Waals surface area (Å²) in [5.74, 6) is -0.659. The van der Waals surface area contributed by atoms with Gasteiger partial charge in [-0.1, -0.05) is 30.3 Å². The summed E-state index contributed by atoms with van der Waals surface area (Å²) in [7, 11) is 0. The van der Waals surface area contributed by atoms with Gasteiger partial charge in [-0.2, -0.15) is 0 Å². The van der Waals surface area contributed by atoms with Gasteiger partial charge in [-0.25, -0.2) is 4.79 Å². The highest BCUT2D eigenvalue weighted by Crippen LogP contribution is 2.33. The van der Waals surface area contributed by atoms with Crippen LogP contribution in [0.1, 0.15) is 53.4 Å². The van der Waals surface area contributed by atoms with Crippen LogP contribution in [0.25, 0.3) is 32.3 Å². The van der Waals surface area contributed by atoms with Crippen molar-refractivity contribution in [3.8, 4) is 5.75 Å². The summed E-state index contributed by atoms with van der Waals surface area (Å²) in [5, 5.41) is 14.1. The van der Waals surface area contributed by atoms with Gasteiger partial charge in [-0.05, 0) is 73.7 Å². The number of hydrogen-bond donors (Lipinski definition) is 3. The van der Waals surface area contributed by atoms with Crippen molar-refractivity contribution in [1.29, 1.82) is 0 Å². The Kier molecular flexibility index (Phi) is 9.67. The first kappa shape index (κ1) is 30.4. The third-order valence-electron chi connectivity index (χ3n) is 6.61. The Labute approximate surface area is 244 Å². The van der Waals surface area contributed by atoms with E-state index in [9.17, 15) is 19.2 Å². The lowest BCUT2D eigenvalue weighted by Gasteiger charge is -2.23. The number of unbranched alkanes of at least 4 members (excludes halogenated alkanes) is 1. The molecule has 0 bridgehead atoms. The number of rotatable bonds is 11. The second-order valence-corrected chi connectivity index (χ2v) is 11.2. The standard InChI is InChI=1S/C32H37N3O7/c1-20(36)33-15-6-5-7-28(35-31(39)42-32(2,3)4)30(38)34-16-14-29(37)41-23-11-8-21-9-12-25-24(26(21)17-23)13-10-22-18-40-19-27(22)25/h8-13,17-19,28H,5-7,14-16H2,1-4H3,(H,33,36)(H,34,38)(H,35,39)/t28-/m0/s1. The third kappa shape index (κ3) is 8.22. The zero-order valence-electron chi connectivity index (χ0n) is 24.4. The minimum atomic E-state index is -0.858. The van der Waals surface area contributed by atoms with Crippen LogP contribution in [0.15, 0.2) is 59.4 Å². The highest BCUT2D eigenvalue weighted by molar-refractivity contribution is 6.17. The predicted molar refractivity (Wildman–Crippen MR) is 160 cm³/mol. The maximum atomic E-state index is 12.9. The van der Waals surface area contributed by atoms with Crippen LogP contribution in [0.2, 0.25) is 0 Å². The van der Waals surface area contributed by atoms with Crippen molar-refractivity contribution in [3.63, 3.8) is 0 Å². The first-order valence-corrected chi connectivity index (χ1v) is 14.0. The van der Waals surface area contributed by atoms with E-state index in [2.05, 4.69) is 22.0 Å². The molecule has 1 atom stereocenters. The summed E-state index contributed by atoms with van der Waals surface area (Å²) >= 11 is 0. The van der Waals surface area contributed by atoms with Crippen LogP contribution >= 0.6 is 0 Å². The molecule has 0 unspecified atom stereocenters. The number of ether oxygens (including phenoxy) is 2. The van der Waals surface area contributed by atoms with Gasteiger partial charge in [0.25, 0.3) is 0 Å². The second kappa shape index (κ2) is 13.4. The average molecular weight is 576 g/mol. The molecule has 0 aliphatic rings. The third-order valence-corrected chi connectivity index (χ3v) is 6.61. The first-order valence-electron chi connectivity index (χ1n) is 14.0. The Balaban J connectivity index is 1.34. The fourth-order valence-corrected chi connectivity index (χ4v) is 4.68. The molecular weight excluding hydrogens is 538 g/mol. The lowest BCUT2D eigenvalue weighted by Crippen LogP contribution is -2.48. The second-order valence-electron chi connectivity index (χ2n) is 11.2. The number of benzene rings is 3. The van der Waals surface area contributed by atoms with Gasteiger partial charge in [-0.15, -0.1) is 0 Å². The lowest BCUT2D eigenvalue weighted by atomic mass is 9.99. The number of carbonyl (C=O) groups excluding carboxylic acids is 4. The van der Waals surface area contributed by atoms with Crippen LogP contribution in [0.4, 0.5) is 4.79 Å². The molecule has 222 valence electrons. The molecule has 10 heteroatoms. The maximum Gasteiger partial charge on any atom is 0.408 e. The largest absolute Gasteiger partial charge is 0.471 e. The molecule has 3 amide bonds. The molecule has 1 heterocycles. The molecule has 3 N–H and O–H groups in total. The molecule has 0 saturated heterocycles. The number of esters is 1. The van der Waals surface area contributed by atoms with E-state index in [1.165, 1.54) is 6.92 Å². The van der Waals surface area contributed by atoms with Crippen LogP contribution < -0.4 is 20.7 Å². The smallest absolute Gasteiger partial charge is 0.408 e. The van der Waals surface area contributed by atoms with Crippen LogP contribution in [0.5, 0.6) is 5.75 Å². The molecule has 0 aliphatic carbocycles. The van der Waals surface area contributed by atoms with Crippen molar-refractivity contribution in [2.24, 2.45) is 0 Å². The van der Waals surface area contributed by atoms with E-state index < -0.39 is 29.6 Å². The fraction of sp³-hybridized carbons (Fsp3) is 0.375. The molecule has 3 aromatic carbocycles. The van der Waals surface area contributed by atoms with Crippen molar-refractivity contribution >= 4 is 56.2 Å². The number of nitrogens with one attached hydrogen (secondary N) is 3. The van der Waals surface area contributed by atoms with Crippen molar-refractivity contribution in [1.82, 2.24) is 16.0 Å². The molecular formula is C32H37N3O7. The van der Waals surface area contributed by atoms with Crippen molar-refractivity contribution < 1.29 is 33.1 Å². The Morgan fingerprint density at radius 1 is 0.833 bits per heavy atom. The van der Waals surface area contributed by atoms with Gasteiger partial charge in [0, 0.05) is 30.8 Å². The highest BCUT2D eigenvalue weighted by atomic mass is 16.6. The fourth-order valence-electron chi connectivity index (χ4n) is 4.68. The number of fused-ring (bicyclic) bond motifs is 5. The van der Waals surface area contributed by atoms with Gasteiger partial charge in [0.15, 0.2) is 0 Å². The van der Waals surface area contributed by atoms with Crippen LogP contribution in [0, 0.1) is 0 Å². The monoisotopic (exact) mass is 575 g/mol. The Morgan fingerprint density at radius 2 is 1.55 bits per heavy atom. The molecule has 4 rings (SSSR count). The van der Waals surface area contributed by atoms with Gasteiger partial charge in [0.2, 0.25) is 11.8 Å². The first-order chi connectivity index (χ1) is 20.0. The molecule has 0 radical (unpaired) electrons. The number of amides is 3. The Bertz CT molecular complexity index is 1600. The molecule has 0 spiro atoms. The van der Waals surface area contributed by atoms with Crippen molar-refractivity contribution in [2.75, 3.05) is 13.1 Å². The van der Waals surface area contributed by atoms with Gasteiger partial charge in [-0.3, -0.25) is 14.4 Å². The minimum absolute atomic E-state index is 0.0328. The van der Waals surface area contributed by atoms with Gasteiger partial charge in [0.1, 0.15) is 17.4 Å². The molecule has 4 aromatic rings. The minimum Gasteiger partial charge on any atom is -0.471 e. The number of carbonyl (C=O) groups is 4. The van der Waals surface area contributed by atoms with E-state index in [0.717, 1.165) is 32.3 Å². The Morgan fingerprint density at radius 3 is 2.29 bits per heavy atom. The number of alkyl carbamates (subject to hydrolysis) is 1. The van der Waals surface area contributed by atoms with Gasteiger partial charge >= 0.3 is 12.1 Å². The highest BCUT2D eigenvalue weighted by Gasteiger charge is 2.24. The van der Waals surface area contributed by atoms with Gasteiger partial charge in [0.05, 0.1) is 18.9 Å². The maximum absolute atomic E-state index is 12.9. The SMILES string of the molecule is CC(=O)NCCCC[C@H](NC(=O)OC(C)(C)C)C(=O)NCCC(=O)Oc1ccc2ccc3c4cocc4ccc3c2c1. The zero-order valence-corrected chi connectivity index (χ0v) is 24.4. The lowest BCUT2D eigenvalue weighted by molar-refractivity contribution is -0.134. The Hall–Kier alpha value is -4.60. The summed E-state index contributed by atoms with van der Waals surface area (Å²) in [6.45, 7) is 7.14. The molecule has 10 nitrogen and oxygen atoms in total. The van der Waals surface area contributed by atoms with E-state index in [-0.39, 0.29) is 18.9 Å². The summed E-state index contributed by atoms with van der Waals surface area (Å²) in [6.07, 6.45) is 4.23. The molecule has 1 aromatic heterocycles. The van der Waals surface area contributed by atoms with E-state index >= 15 is 0 Å². The summed E-state index contributed by atoms with van der Waals surface area (Å²) in [6, 6.07) is 12.7. The van der Waals surface area contributed by atoms with Crippen LogP contribution in [-0.4, -0.2) is 48.6 Å². The zero-order chi connectivity index (χ0) is 30.3. The van der Waals surface area contributed by atoms with E-state index in [4.69, 9.17) is 13.9 Å². The molecule has 0 saturated carbocycles. The van der Waals surface area contributed by atoms with E-state index in [1.54, 1.807) is 39.4 Å². The average Bonchev–Trinajstić information content (AvgIpc) is 3.40. The number of hydrogen-bond acceptors (Lipinski definition) is 7. The van der Waals surface area contributed by atoms with E-state index in [0.29, 0.717) is 31.6 Å². The summed E-state index contributed by atoms with van der Waals surface area (Å²) in [4.78, 5) is 48.9. The molecule has 42 heavy (non-hydrogen) atoms. The molecule has 0 aliphatic heterocycles. The van der Waals surface area contributed by atoms with Crippen LogP contribution in [0.3, 0.4) is 0 Å². The molecule has 0 fully saturated rings.